The highest BCUT2D eigenvalue weighted by Gasteiger charge is 2.37. The smallest absolute Gasteiger partial charge is 0.287 e. The third-order valence-corrected chi connectivity index (χ3v) is 7.31. The van der Waals surface area contributed by atoms with Crippen molar-refractivity contribution < 1.29 is 22.4 Å². The van der Waals surface area contributed by atoms with Crippen LogP contribution in [0.15, 0.2) is 21.6 Å². The zero-order chi connectivity index (χ0) is 18.1. The summed E-state index contributed by atoms with van der Waals surface area (Å²) in [4.78, 5) is 15.0. The van der Waals surface area contributed by atoms with Crippen molar-refractivity contribution in [1.29, 1.82) is 0 Å². The van der Waals surface area contributed by atoms with E-state index in [0.717, 1.165) is 25.9 Å². The first kappa shape index (κ1) is 18.0. The number of morpholine rings is 1. The predicted octanol–water partition coefficient (Wildman–Crippen LogP) is 0.657. The van der Waals surface area contributed by atoms with Crippen LogP contribution in [0.25, 0.3) is 0 Å². The molecule has 0 bridgehead atoms. The average Bonchev–Trinajstić information content (AvgIpc) is 3.31. The monoisotopic (exact) mass is 383 g/mol. The standard InChI is InChI=1S/C17H25N3O5S/c21-17(18-13-6-8-19-7-2-1-3-14(13)19)15-4-5-16(25-15)26(22,23)20-9-11-24-12-10-20/h4-5,13-14H,1-3,6-12H2,(H,18,21). The molecule has 1 N–H and O–H groups in total. The molecular formula is C17H25N3O5S. The first-order valence-electron chi connectivity index (χ1n) is 9.28. The number of sulfonamides is 1. The van der Waals surface area contributed by atoms with E-state index in [4.69, 9.17) is 9.15 Å². The lowest BCUT2D eigenvalue weighted by atomic mass is 9.99. The third kappa shape index (κ3) is 3.40. The van der Waals surface area contributed by atoms with E-state index in [2.05, 4.69) is 10.2 Å². The van der Waals surface area contributed by atoms with Crippen LogP contribution in [-0.4, -0.2) is 75.0 Å². The molecule has 2 unspecified atom stereocenters. The normalized spacial score (nSPS) is 28.0. The van der Waals surface area contributed by atoms with Gasteiger partial charge in [-0.25, -0.2) is 8.42 Å². The van der Waals surface area contributed by atoms with Gasteiger partial charge in [-0.1, -0.05) is 6.42 Å². The fourth-order valence-electron chi connectivity index (χ4n) is 4.15. The topological polar surface area (TPSA) is 92.1 Å². The summed E-state index contributed by atoms with van der Waals surface area (Å²) in [7, 11) is -3.72. The maximum absolute atomic E-state index is 12.6. The van der Waals surface area contributed by atoms with Gasteiger partial charge >= 0.3 is 0 Å². The Hall–Kier alpha value is -1.42. The van der Waals surface area contributed by atoms with Gasteiger partial charge in [-0.3, -0.25) is 9.69 Å². The molecule has 0 aromatic carbocycles. The molecule has 3 saturated heterocycles. The zero-order valence-electron chi connectivity index (χ0n) is 14.7. The number of nitrogens with zero attached hydrogens (tertiary/aromatic N) is 2. The molecule has 1 amide bonds. The summed E-state index contributed by atoms with van der Waals surface area (Å²) < 4.78 is 37.1. The van der Waals surface area contributed by atoms with Gasteiger partial charge in [-0.05, 0) is 37.9 Å². The van der Waals surface area contributed by atoms with Gasteiger partial charge in [0.05, 0.1) is 13.2 Å². The molecular weight excluding hydrogens is 358 g/mol. The molecule has 1 aromatic heterocycles. The Morgan fingerprint density at radius 3 is 2.69 bits per heavy atom. The SMILES string of the molecule is O=C(NC1CCN2CCCCC12)c1ccc(S(=O)(=O)N2CCOCC2)o1. The van der Waals surface area contributed by atoms with Crippen LogP contribution >= 0.6 is 0 Å². The highest BCUT2D eigenvalue weighted by atomic mass is 32.2. The maximum atomic E-state index is 12.6. The summed E-state index contributed by atoms with van der Waals surface area (Å²) in [6, 6.07) is 3.30. The number of rotatable bonds is 4. The highest BCUT2D eigenvalue weighted by Crippen LogP contribution is 2.27. The van der Waals surface area contributed by atoms with Gasteiger partial charge < -0.3 is 14.5 Å². The molecule has 9 heteroatoms. The van der Waals surface area contributed by atoms with Gasteiger partial charge in [0, 0.05) is 31.7 Å². The number of hydrogen-bond acceptors (Lipinski definition) is 6. The Bertz CT molecular complexity index is 756. The van der Waals surface area contributed by atoms with Crippen molar-refractivity contribution >= 4 is 15.9 Å². The van der Waals surface area contributed by atoms with E-state index in [0.29, 0.717) is 32.3 Å². The summed E-state index contributed by atoms with van der Waals surface area (Å²) in [6.45, 7) is 3.43. The molecule has 0 radical (unpaired) electrons. The lowest BCUT2D eigenvalue weighted by molar-refractivity contribution is 0.0722. The quantitative estimate of drug-likeness (QED) is 0.821. The van der Waals surface area contributed by atoms with Crippen LogP contribution in [0.4, 0.5) is 0 Å². The first-order valence-corrected chi connectivity index (χ1v) is 10.7. The van der Waals surface area contributed by atoms with Crippen molar-refractivity contribution in [1.82, 2.24) is 14.5 Å². The molecule has 0 aliphatic carbocycles. The number of ether oxygens (including phenoxy) is 1. The second kappa shape index (κ2) is 7.30. The van der Waals surface area contributed by atoms with Crippen molar-refractivity contribution in [3.05, 3.63) is 17.9 Å². The number of amides is 1. The lowest BCUT2D eigenvalue weighted by Gasteiger charge is -2.32. The number of hydrogen-bond donors (Lipinski definition) is 1. The van der Waals surface area contributed by atoms with Crippen LogP contribution in [0.2, 0.25) is 0 Å². The van der Waals surface area contributed by atoms with E-state index in [1.54, 1.807) is 0 Å². The van der Waals surface area contributed by atoms with Crippen LogP contribution in [0.3, 0.4) is 0 Å². The largest absolute Gasteiger partial charge is 0.438 e. The summed E-state index contributed by atoms with van der Waals surface area (Å²) in [6.07, 6.45) is 4.43. The van der Waals surface area contributed by atoms with Gasteiger partial charge in [-0.2, -0.15) is 4.31 Å². The van der Waals surface area contributed by atoms with E-state index in [1.807, 2.05) is 0 Å². The van der Waals surface area contributed by atoms with Gasteiger partial charge in [0.25, 0.3) is 15.9 Å². The molecule has 4 heterocycles. The maximum Gasteiger partial charge on any atom is 0.287 e. The zero-order valence-corrected chi connectivity index (χ0v) is 15.5. The van der Waals surface area contributed by atoms with Gasteiger partial charge in [-0.15, -0.1) is 0 Å². The van der Waals surface area contributed by atoms with Crippen LogP contribution < -0.4 is 5.32 Å². The van der Waals surface area contributed by atoms with Crippen LogP contribution in [0.1, 0.15) is 36.2 Å². The Balaban J connectivity index is 1.43. The minimum atomic E-state index is -3.72. The van der Waals surface area contributed by atoms with Crippen molar-refractivity contribution in [2.24, 2.45) is 0 Å². The van der Waals surface area contributed by atoms with E-state index < -0.39 is 10.0 Å². The fourth-order valence-corrected chi connectivity index (χ4v) is 5.47. The van der Waals surface area contributed by atoms with Crippen molar-refractivity contribution in [3.8, 4) is 0 Å². The Labute approximate surface area is 153 Å². The van der Waals surface area contributed by atoms with Crippen molar-refractivity contribution in [2.45, 2.75) is 42.9 Å². The van der Waals surface area contributed by atoms with Gasteiger partial charge in [0.2, 0.25) is 5.09 Å². The molecule has 4 rings (SSSR count). The molecule has 8 nitrogen and oxygen atoms in total. The number of carbonyl (C=O) groups excluding carboxylic acids is 1. The summed E-state index contributed by atoms with van der Waals surface area (Å²) in [5, 5.41) is 2.85. The number of carbonyl (C=O) groups is 1. The lowest BCUT2D eigenvalue weighted by Crippen LogP contribution is -2.46. The van der Waals surface area contributed by atoms with Crippen molar-refractivity contribution in [2.75, 3.05) is 39.4 Å². The van der Waals surface area contributed by atoms with Crippen LogP contribution in [-0.2, 0) is 14.8 Å². The number of nitrogens with one attached hydrogen (secondary N) is 1. The van der Waals surface area contributed by atoms with Crippen LogP contribution in [0.5, 0.6) is 0 Å². The molecule has 0 saturated carbocycles. The predicted molar refractivity (Wildman–Crippen MR) is 93.4 cm³/mol. The molecule has 26 heavy (non-hydrogen) atoms. The minimum absolute atomic E-state index is 0.0473. The number of fused-ring (bicyclic) bond motifs is 1. The summed E-state index contributed by atoms with van der Waals surface area (Å²) in [5.41, 5.74) is 0. The number of piperidine rings is 1. The Kier molecular flexibility index (Phi) is 5.05. The van der Waals surface area contributed by atoms with Crippen LogP contribution in [0, 0.1) is 0 Å². The Morgan fingerprint density at radius 1 is 1.08 bits per heavy atom. The van der Waals surface area contributed by atoms with E-state index in [9.17, 15) is 13.2 Å². The first-order chi connectivity index (χ1) is 12.6. The summed E-state index contributed by atoms with van der Waals surface area (Å²) >= 11 is 0. The minimum Gasteiger partial charge on any atom is -0.438 e. The molecule has 1 aromatic rings. The van der Waals surface area contributed by atoms with Crippen molar-refractivity contribution in [3.63, 3.8) is 0 Å². The second-order valence-electron chi connectivity index (χ2n) is 7.10. The second-order valence-corrected chi connectivity index (χ2v) is 8.97. The highest BCUT2D eigenvalue weighted by molar-refractivity contribution is 7.89. The molecule has 3 fully saturated rings. The van der Waals surface area contributed by atoms with Gasteiger partial charge in [0.15, 0.2) is 5.76 Å². The average molecular weight is 383 g/mol. The van der Waals surface area contributed by atoms with E-state index >= 15 is 0 Å². The molecule has 144 valence electrons. The fraction of sp³-hybridized carbons (Fsp3) is 0.706. The number of furan rings is 1. The molecule has 0 spiro atoms. The van der Waals surface area contributed by atoms with E-state index in [1.165, 1.54) is 29.3 Å². The van der Waals surface area contributed by atoms with Gasteiger partial charge in [0.1, 0.15) is 0 Å². The molecule has 3 aliphatic rings. The van der Waals surface area contributed by atoms with E-state index in [-0.39, 0.29) is 22.8 Å². The third-order valence-electron chi connectivity index (χ3n) is 5.54. The molecule has 2 atom stereocenters. The Morgan fingerprint density at radius 2 is 1.88 bits per heavy atom. The molecule has 3 aliphatic heterocycles. The summed E-state index contributed by atoms with van der Waals surface area (Å²) in [5.74, 6) is -0.294.